The minimum Gasteiger partial charge on any atom is -0.489 e. The fraction of sp³-hybridized carbons (Fsp3) is 0.200. The summed E-state index contributed by atoms with van der Waals surface area (Å²) in [6, 6.07) is 20.1. The van der Waals surface area contributed by atoms with Crippen LogP contribution in [0.4, 0.5) is 0 Å². The molecule has 0 fully saturated rings. The third kappa shape index (κ3) is 4.53. The summed E-state index contributed by atoms with van der Waals surface area (Å²) in [5.41, 5.74) is 7.60. The van der Waals surface area contributed by atoms with Gasteiger partial charge in [-0.15, -0.1) is 4.74 Å². The Labute approximate surface area is 179 Å². The molecule has 0 radical (unpaired) electrons. The summed E-state index contributed by atoms with van der Waals surface area (Å²) in [6.07, 6.45) is 0. The van der Waals surface area contributed by atoms with Gasteiger partial charge in [-0.2, -0.15) is 0 Å². The van der Waals surface area contributed by atoms with Crippen molar-refractivity contribution in [1.29, 1.82) is 0 Å². The molecule has 158 valence electrons. The van der Waals surface area contributed by atoms with E-state index in [2.05, 4.69) is 62.2 Å². The lowest BCUT2D eigenvalue weighted by Gasteiger charge is -2.15. The molecule has 1 N–H and O–H groups in total. The monoisotopic (exact) mass is 416 g/mol. The maximum Gasteiger partial charge on any atom is 0.440 e. The summed E-state index contributed by atoms with van der Waals surface area (Å²) < 4.78 is 11.7. The van der Waals surface area contributed by atoms with E-state index >= 15 is 0 Å². The molecule has 0 atom stereocenters. The van der Waals surface area contributed by atoms with Crippen LogP contribution in [0, 0.1) is 20.8 Å². The van der Waals surface area contributed by atoms with E-state index in [1.165, 1.54) is 27.8 Å². The van der Waals surface area contributed by atoms with E-state index < -0.39 is 11.4 Å². The van der Waals surface area contributed by atoms with Gasteiger partial charge < -0.3 is 9.26 Å². The van der Waals surface area contributed by atoms with Crippen LogP contribution >= 0.6 is 0 Å². The number of aromatic amines is 1. The second-order valence-corrected chi connectivity index (χ2v) is 7.69. The van der Waals surface area contributed by atoms with Crippen LogP contribution in [0.3, 0.4) is 0 Å². The van der Waals surface area contributed by atoms with Crippen molar-refractivity contribution in [1.82, 2.24) is 9.72 Å². The molecule has 0 aliphatic carbocycles. The van der Waals surface area contributed by atoms with Gasteiger partial charge in [-0.05, 0) is 77.9 Å². The topological polar surface area (TPSA) is 77.2 Å². The molecule has 6 nitrogen and oxygen atoms in total. The molecule has 6 heteroatoms. The molecule has 0 aliphatic rings. The Morgan fingerprint density at radius 3 is 2.19 bits per heavy atom. The Bertz CT molecular complexity index is 1310. The number of aryl methyl sites for hydroxylation is 3. The van der Waals surface area contributed by atoms with Crippen molar-refractivity contribution in [3.8, 4) is 16.9 Å². The zero-order valence-corrected chi connectivity index (χ0v) is 17.8. The number of hydrogen-bond acceptors (Lipinski definition) is 4. The normalized spacial score (nSPS) is 10.9. The fourth-order valence-electron chi connectivity index (χ4n) is 3.71. The van der Waals surface area contributed by atoms with Gasteiger partial charge in [0.15, 0.2) is 0 Å². The van der Waals surface area contributed by atoms with E-state index in [0.717, 1.165) is 21.6 Å². The Balaban J connectivity index is 1.48. The highest BCUT2D eigenvalue weighted by Gasteiger charge is 2.10. The molecule has 1 heterocycles. The van der Waals surface area contributed by atoms with Crippen LogP contribution in [0.1, 0.15) is 27.8 Å². The molecular weight excluding hydrogens is 392 g/mol. The average Bonchev–Trinajstić information content (AvgIpc) is 3.06. The lowest BCUT2D eigenvalue weighted by Crippen LogP contribution is -2.17. The predicted octanol–water partition coefficient (Wildman–Crippen LogP) is 4.35. The van der Waals surface area contributed by atoms with Gasteiger partial charge in [0, 0.05) is 0 Å². The minimum absolute atomic E-state index is 0.176. The molecule has 1 aromatic heterocycles. The second-order valence-electron chi connectivity index (χ2n) is 7.69. The van der Waals surface area contributed by atoms with Gasteiger partial charge in [0.25, 0.3) is 0 Å². The first-order chi connectivity index (χ1) is 14.9. The van der Waals surface area contributed by atoms with Crippen molar-refractivity contribution in [3.63, 3.8) is 0 Å². The van der Waals surface area contributed by atoms with Crippen molar-refractivity contribution in [2.75, 3.05) is 0 Å². The smallest absolute Gasteiger partial charge is 0.440 e. The van der Waals surface area contributed by atoms with Crippen LogP contribution in [-0.2, 0) is 13.2 Å². The van der Waals surface area contributed by atoms with Crippen molar-refractivity contribution in [3.05, 3.63) is 110 Å². The number of nitrogens with zero attached hydrogens (tertiary/aromatic N) is 1. The van der Waals surface area contributed by atoms with E-state index in [9.17, 15) is 9.59 Å². The fourth-order valence-corrected chi connectivity index (χ4v) is 3.71. The summed E-state index contributed by atoms with van der Waals surface area (Å²) >= 11 is 0. The van der Waals surface area contributed by atoms with Crippen LogP contribution in [0.15, 0.2) is 74.8 Å². The lowest BCUT2D eigenvalue weighted by atomic mass is 9.91. The molecular formula is C25H24N2O4. The molecule has 31 heavy (non-hydrogen) atoms. The van der Waals surface area contributed by atoms with Gasteiger partial charge >= 0.3 is 11.4 Å². The van der Waals surface area contributed by atoms with E-state index in [1.54, 1.807) is 0 Å². The van der Waals surface area contributed by atoms with Gasteiger partial charge in [0.2, 0.25) is 0 Å². The highest BCUT2D eigenvalue weighted by Crippen LogP contribution is 2.31. The molecule has 0 spiro atoms. The third-order valence-electron chi connectivity index (χ3n) is 5.34. The Kier molecular flexibility index (Phi) is 5.62. The summed E-state index contributed by atoms with van der Waals surface area (Å²) in [4.78, 5) is 24.7. The molecule has 4 aromatic rings. The van der Waals surface area contributed by atoms with Crippen LogP contribution in [-0.4, -0.2) is 9.72 Å². The number of ether oxygens (including phenoxy) is 1. The zero-order chi connectivity index (χ0) is 22.0. The van der Waals surface area contributed by atoms with Crippen LogP contribution in [0.5, 0.6) is 5.75 Å². The first-order valence-electron chi connectivity index (χ1n) is 10.1. The molecule has 0 unspecified atom stereocenters. The summed E-state index contributed by atoms with van der Waals surface area (Å²) in [5, 5.41) is 0. The Morgan fingerprint density at radius 1 is 0.871 bits per heavy atom. The van der Waals surface area contributed by atoms with E-state index in [1.807, 2.05) is 24.3 Å². The predicted molar refractivity (Wildman–Crippen MR) is 120 cm³/mol. The van der Waals surface area contributed by atoms with Gasteiger partial charge in [-0.1, -0.05) is 42.5 Å². The summed E-state index contributed by atoms with van der Waals surface area (Å²) in [5.74, 6) is -0.0378. The Morgan fingerprint density at radius 2 is 1.55 bits per heavy atom. The number of nitrogens with one attached hydrogen (secondary N) is 1. The minimum atomic E-state index is -0.761. The standard InChI is InChI=1S/C25H24N2O4/c1-16-7-8-20(13-22(16)23-17(2)5-4-6-18(23)3)15-30-21-11-9-19(10-12-21)14-27-24(28)26-25(29)31-27/h4-13H,14-15H2,1-3H3,(H,26,28,29). The van der Waals surface area contributed by atoms with Crippen molar-refractivity contribution in [2.24, 2.45) is 0 Å². The largest absolute Gasteiger partial charge is 0.489 e. The number of aromatic nitrogens is 2. The number of H-pyrrole nitrogens is 1. The lowest BCUT2D eigenvalue weighted by molar-refractivity contribution is 0.258. The van der Waals surface area contributed by atoms with Gasteiger partial charge in [0.05, 0.1) is 6.54 Å². The van der Waals surface area contributed by atoms with Crippen LogP contribution in [0.2, 0.25) is 0 Å². The maximum absolute atomic E-state index is 11.6. The Hall–Kier alpha value is -3.80. The maximum atomic E-state index is 11.6. The van der Waals surface area contributed by atoms with Gasteiger partial charge in [0.1, 0.15) is 12.4 Å². The zero-order valence-electron chi connectivity index (χ0n) is 17.8. The van der Waals surface area contributed by atoms with E-state index in [4.69, 9.17) is 9.26 Å². The summed E-state index contributed by atoms with van der Waals surface area (Å²) in [7, 11) is 0. The second kappa shape index (κ2) is 8.52. The first-order valence-corrected chi connectivity index (χ1v) is 10.1. The SMILES string of the molecule is Cc1ccc(COc2ccc(Cn3oc(=O)[nH]c3=O)cc2)cc1-c1c(C)cccc1C. The van der Waals surface area contributed by atoms with Gasteiger partial charge in [-0.25, -0.2) is 14.6 Å². The van der Waals surface area contributed by atoms with E-state index in [-0.39, 0.29) is 6.54 Å². The van der Waals surface area contributed by atoms with Crippen LogP contribution in [0.25, 0.3) is 11.1 Å². The molecule has 0 saturated heterocycles. The molecule has 0 aliphatic heterocycles. The molecule has 3 aromatic carbocycles. The number of rotatable bonds is 6. The van der Waals surface area contributed by atoms with Crippen molar-refractivity contribution < 1.29 is 9.26 Å². The van der Waals surface area contributed by atoms with Crippen molar-refractivity contribution in [2.45, 2.75) is 33.9 Å². The van der Waals surface area contributed by atoms with E-state index in [0.29, 0.717) is 6.61 Å². The highest BCUT2D eigenvalue weighted by molar-refractivity contribution is 5.74. The summed E-state index contributed by atoms with van der Waals surface area (Å²) in [6.45, 7) is 7.03. The van der Waals surface area contributed by atoms with Crippen LogP contribution < -0.4 is 16.2 Å². The first kappa shape index (κ1) is 20.5. The highest BCUT2D eigenvalue weighted by atomic mass is 16.5. The number of hydrogen-bond donors (Lipinski definition) is 1. The molecule has 0 bridgehead atoms. The molecule has 0 saturated carbocycles. The molecule has 4 rings (SSSR count). The van der Waals surface area contributed by atoms with Crippen molar-refractivity contribution >= 4 is 0 Å². The number of benzene rings is 3. The molecule has 0 amide bonds. The average molecular weight is 416 g/mol. The third-order valence-corrected chi connectivity index (χ3v) is 5.34. The quantitative estimate of drug-likeness (QED) is 0.507. The van der Waals surface area contributed by atoms with Gasteiger partial charge in [-0.3, -0.25) is 0 Å².